The molecule has 0 bridgehead atoms. The van der Waals surface area contributed by atoms with Crippen LogP contribution in [-0.4, -0.2) is 46.5 Å². The van der Waals surface area contributed by atoms with Crippen molar-refractivity contribution in [1.29, 1.82) is 0 Å². The van der Waals surface area contributed by atoms with Crippen molar-refractivity contribution in [3.8, 4) is 0 Å². The molecule has 25 heavy (non-hydrogen) atoms. The largest absolute Gasteiger partial charge is 0.367 e. The van der Waals surface area contributed by atoms with Crippen molar-refractivity contribution in [2.24, 2.45) is 0 Å². The molecule has 7 heteroatoms. The molecular weight excluding hydrogens is 341 g/mol. The summed E-state index contributed by atoms with van der Waals surface area (Å²) in [5.41, 5.74) is 1.94. The normalized spacial score (nSPS) is 16.0. The number of sulfonamides is 1. The lowest BCUT2D eigenvalue weighted by Gasteiger charge is -2.35. The van der Waals surface area contributed by atoms with Crippen LogP contribution in [-0.2, 0) is 10.0 Å². The highest BCUT2D eigenvalue weighted by atomic mass is 32.2. The topological polar surface area (TPSA) is 52.7 Å². The predicted octanol–water partition coefficient (Wildman–Crippen LogP) is 2.69. The third kappa shape index (κ3) is 4.11. The van der Waals surface area contributed by atoms with Crippen LogP contribution in [0.4, 0.5) is 15.8 Å². The Morgan fingerprint density at radius 2 is 1.64 bits per heavy atom. The number of hydrogen-bond donors (Lipinski definition) is 1. The third-order valence-corrected chi connectivity index (χ3v) is 5.76. The maximum atomic E-state index is 13.7. The van der Waals surface area contributed by atoms with Gasteiger partial charge >= 0.3 is 0 Å². The molecule has 0 spiro atoms. The SMILES string of the molecule is Cc1ccc(S(=O)(=O)Nc2cc(F)ccc2N2CCN(C)CC2)cc1. The molecule has 1 heterocycles. The molecule has 0 aromatic heterocycles. The second-order valence-corrected chi connectivity index (χ2v) is 8.05. The Balaban J connectivity index is 1.91. The molecule has 0 unspecified atom stereocenters. The lowest BCUT2D eigenvalue weighted by atomic mass is 10.2. The van der Waals surface area contributed by atoms with Crippen LogP contribution in [0.5, 0.6) is 0 Å². The molecule has 3 rings (SSSR count). The Hall–Kier alpha value is -2.12. The van der Waals surface area contributed by atoms with Crippen LogP contribution in [0.1, 0.15) is 5.56 Å². The van der Waals surface area contributed by atoms with Gasteiger partial charge in [-0.15, -0.1) is 0 Å². The number of halogens is 1. The zero-order chi connectivity index (χ0) is 18.0. The second-order valence-electron chi connectivity index (χ2n) is 6.37. The minimum atomic E-state index is -3.77. The highest BCUT2D eigenvalue weighted by molar-refractivity contribution is 7.92. The number of nitrogens with one attached hydrogen (secondary N) is 1. The number of likely N-dealkylation sites (N-methyl/N-ethyl adjacent to an activating group) is 1. The van der Waals surface area contributed by atoms with Crippen LogP contribution >= 0.6 is 0 Å². The van der Waals surface area contributed by atoms with Gasteiger partial charge in [-0.05, 0) is 38.2 Å². The van der Waals surface area contributed by atoms with E-state index in [-0.39, 0.29) is 10.6 Å². The minimum Gasteiger partial charge on any atom is -0.367 e. The van der Waals surface area contributed by atoms with Crippen molar-refractivity contribution in [2.45, 2.75) is 11.8 Å². The van der Waals surface area contributed by atoms with Gasteiger partial charge in [0.2, 0.25) is 0 Å². The van der Waals surface area contributed by atoms with Gasteiger partial charge in [-0.2, -0.15) is 0 Å². The van der Waals surface area contributed by atoms with Crippen LogP contribution in [0, 0.1) is 12.7 Å². The van der Waals surface area contributed by atoms with Crippen molar-refractivity contribution in [1.82, 2.24) is 4.90 Å². The fourth-order valence-corrected chi connectivity index (χ4v) is 3.90. The molecule has 134 valence electrons. The van der Waals surface area contributed by atoms with E-state index in [4.69, 9.17) is 0 Å². The van der Waals surface area contributed by atoms with Crippen LogP contribution in [0.25, 0.3) is 0 Å². The van der Waals surface area contributed by atoms with Crippen molar-refractivity contribution >= 4 is 21.4 Å². The maximum Gasteiger partial charge on any atom is 0.261 e. The molecule has 0 amide bonds. The quantitative estimate of drug-likeness (QED) is 0.907. The monoisotopic (exact) mass is 363 g/mol. The minimum absolute atomic E-state index is 0.159. The second kappa shape index (κ2) is 7.01. The summed E-state index contributed by atoms with van der Waals surface area (Å²) >= 11 is 0. The van der Waals surface area contributed by atoms with Gasteiger partial charge in [0, 0.05) is 32.2 Å². The van der Waals surface area contributed by atoms with E-state index < -0.39 is 15.8 Å². The van der Waals surface area contributed by atoms with Gasteiger partial charge in [-0.25, -0.2) is 12.8 Å². The van der Waals surface area contributed by atoms with E-state index in [1.165, 1.54) is 12.1 Å². The first-order valence-electron chi connectivity index (χ1n) is 8.18. The predicted molar refractivity (Wildman–Crippen MR) is 98.1 cm³/mol. The Morgan fingerprint density at radius 1 is 1.00 bits per heavy atom. The third-order valence-electron chi connectivity index (χ3n) is 4.38. The summed E-state index contributed by atoms with van der Waals surface area (Å²) in [4.78, 5) is 4.44. The van der Waals surface area contributed by atoms with E-state index in [2.05, 4.69) is 14.5 Å². The summed E-state index contributed by atoms with van der Waals surface area (Å²) in [6.45, 7) is 5.17. The fraction of sp³-hybridized carbons (Fsp3) is 0.333. The highest BCUT2D eigenvalue weighted by Crippen LogP contribution is 2.30. The summed E-state index contributed by atoms with van der Waals surface area (Å²) in [7, 11) is -1.73. The summed E-state index contributed by atoms with van der Waals surface area (Å²) in [6, 6.07) is 10.8. The Kier molecular flexibility index (Phi) is 4.96. The smallest absolute Gasteiger partial charge is 0.261 e. The molecule has 1 saturated heterocycles. The Bertz CT molecular complexity index is 845. The van der Waals surface area contributed by atoms with Gasteiger partial charge < -0.3 is 9.80 Å². The van der Waals surface area contributed by atoms with Crippen molar-refractivity contribution in [3.05, 3.63) is 53.8 Å². The van der Waals surface area contributed by atoms with Gasteiger partial charge in [-0.3, -0.25) is 4.72 Å². The molecule has 5 nitrogen and oxygen atoms in total. The van der Waals surface area contributed by atoms with Gasteiger partial charge in [0.1, 0.15) is 5.82 Å². The Labute approximate surface area is 148 Å². The molecule has 1 N–H and O–H groups in total. The van der Waals surface area contributed by atoms with E-state index in [9.17, 15) is 12.8 Å². The molecule has 0 atom stereocenters. The highest BCUT2D eigenvalue weighted by Gasteiger charge is 2.21. The van der Waals surface area contributed by atoms with Crippen LogP contribution < -0.4 is 9.62 Å². The van der Waals surface area contributed by atoms with E-state index in [1.807, 2.05) is 14.0 Å². The number of hydrogen-bond acceptors (Lipinski definition) is 4. The van der Waals surface area contributed by atoms with Crippen molar-refractivity contribution < 1.29 is 12.8 Å². The standard InChI is InChI=1S/C18H22FN3O2S/c1-14-3-6-16(7-4-14)25(23,24)20-17-13-15(19)5-8-18(17)22-11-9-21(2)10-12-22/h3-8,13,20H,9-12H2,1-2H3. The number of aryl methyl sites for hydroxylation is 1. The molecule has 2 aromatic rings. The number of rotatable bonds is 4. The molecule has 0 saturated carbocycles. The zero-order valence-electron chi connectivity index (χ0n) is 14.4. The van der Waals surface area contributed by atoms with E-state index in [0.29, 0.717) is 5.69 Å². The van der Waals surface area contributed by atoms with E-state index in [0.717, 1.165) is 31.7 Å². The lowest BCUT2D eigenvalue weighted by molar-refractivity contribution is 0.313. The number of anilines is 2. The molecule has 1 fully saturated rings. The molecular formula is C18H22FN3O2S. The zero-order valence-corrected chi connectivity index (χ0v) is 15.2. The first kappa shape index (κ1) is 17.7. The molecule has 0 aliphatic carbocycles. The summed E-state index contributed by atoms with van der Waals surface area (Å²) in [6.07, 6.45) is 0. The summed E-state index contributed by atoms with van der Waals surface area (Å²) in [5, 5.41) is 0. The first-order chi connectivity index (χ1) is 11.8. The average molecular weight is 363 g/mol. The van der Waals surface area contributed by atoms with Gasteiger partial charge in [0.05, 0.1) is 16.3 Å². The van der Waals surface area contributed by atoms with Gasteiger partial charge in [-0.1, -0.05) is 17.7 Å². The van der Waals surface area contributed by atoms with Crippen LogP contribution in [0.15, 0.2) is 47.4 Å². The van der Waals surface area contributed by atoms with Gasteiger partial charge in [0.15, 0.2) is 0 Å². The number of benzene rings is 2. The number of piperazine rings is 1. The Morgan fingerprint density at radius 3 is 2.28 bits per heavy atom. The molecule has 2 aromatic carbocycles. The molecule has 1 aliphatic rings. The van der Waals surface area contributed by atoms with E-state index >= 15 is 0 Å². The van der Waals surface area contributed by atoms with Crippen molar-refractivity contribution in [2.75, 3.05) is 42.8 Å². The van der Waals surface area contributed by atoms with Crippen LogP contribution in [0.3, 0.4) is 0 Å². The average Bonchev–Trinajstić information content (AvgIpc) is 2.56. The van der Waals surface area contributed by atoms with Crippen LogP contribution in [0.2, 0.25) is 0 Å². The first-order valence-corrected chi connectivity index (χ1v) is 9.66. The van der Waals surface area contributed by atoms with Crippen molar-refractivity contribution in [3.63, 3.8) is 0 Å². The lowest BCUT2D eigenvalue weighted by Crippen LogP contribution is -2.44. The number of nitrogens with zero attached hydrogens (tertiary/aromatic N) is 2. The van der Waals surface area contributed by atoms with E-state index in [1.54, 1.807) is 30.3 Å². The summed E-state index contributed by atoms with van der Waals surface area (Å²) in [5.74, 6) is -0.473. The molecule has 1 aliphatic heterocycles. The summed E-state index contributed by atoms with van der Waals surface area (Å²) < 4.78 is 41.6. The maximum absolute atomic E-state index is 13.7. The fourth-order valence-electron chi connectivity index (χ4n) is 2.83. The molecule has 0 radical (unpaired) electrons. The van der Waals surface area contributed by atoms with Gasteiger partial charge in [0.25, 0.3) is 10.0 Å².